The number of hydrogen-bond acceptors (Lipinski definition) is 5. The molecule has 1 rings (SSSR count). The van der Waals surface area contributed by atoms with Gasteiger partial charge < -0.3 is 10.1 Å². The molecule has 0 fully saturated rings. The van der Waals surface area contributed by atoms with Gasteiger partial charge in [0.15, 0.2) is 0 Å². The Bertz CT molecular complexity index is 558. The van der Waals surface area contributed by atoms with E-state index >= 15 is 0 Å². The summed E-state index contributed by atoms with van der Waals surface area (Å²) in [5.74, 6) is 0. The van der Waals surface area contributed by atoms with Gasteiger partial charge >= 0.3 is 0 Å². The Hall–Kier alpha value is -0.250. The third-order valence-corrected chi connectivity index (χ3v) is 6.87. The van der Waals surface area contributed by atoms with Crippen molar-refractivity contribution in [1.29, 1.82) is 0 Å². The molecule has 0 bridgehead atoms. The molecule has 0 aliphatic rings. The van der Waals surface area contributed by atoms with Gasteiger partial charge in [-0.25, -0.2) is 8.42 Å². The summed E-state index contributed by atoms with van der Waals surface area (Å²) in [5, 5.41) is 3.19. The molecular formula is C13H21BrN2O3S2. The lowest BCUT2D eigenvalue weighted by Gasteiger charge is -2.19. The average Bonchev–Trinajstić information content (AvgIpc) is 2.82. The van der Waals surface area contributed by atoms with Crippen LogP contribution in [0.25, 0.3) is 0 Å². The molecule has 5 nitrogen and oxygen atoms in total. The minimum Gasteiger partial charge on any atom is -0.383 e. The van der Waals surface area contributed by atoms with Crippen molar-refractivity contribution in [3.8, 4) is 0 Å². The van der Waals surface area contributed by atoms with E-state index in [-0.39, 0.29) is 6.54 Å². The highest BCUT2D eigenvalue weighted by atomic mass is 79.9. The fraction of sp³-hybridized carbons (Fsp3) is 0.538. The van der Waals surface area contributed by atoms with Gasteiger partial charge in [0.05, 0.1) is 10.4 Å². The van der Waals surface area contributed by atoms with Crippen LogP contribution in [0.4, 0.5) is 0 Å². The zero-order valence-electron chi connectivity index (χ0n) is 12.3. The largest absolute Gasteiger partial charge is 0.383 e. The maximum absolute atomic E-state index is 12.7. The number of thiophene rings is 1. The maximum atomic E-state index is 12.7. The van der Waals surface area contributed by atoms with E-state index in [4.69, 9.17) is 4.74 Å². The first-order chi connectivity index (χ1) is 9.97. The highest BCUT2D eigenvalue weighted by molar-refractivity contribution is 9.11. The lowest BCUT2D eigenvalue weighted by molar-refractivity contribution is 0.182. The molecule has 0 amide bonds. The molecule has 0 unspecified atom stereocenters. The Labute approximate surface area is 139 Å². The number of sulfonamides is 1. The fourth-order valence-corrected chi connectivity index (χ4v) is 5.69. The van der Waals surface area contributed by atoms with Crippen LogP contribution >= 0.6 is 27.3 Å². The number of nitrogens with one attached hydrogen (secondary N) is 1. The van der Waals surface area contributed by atoms with Crippen LogP contribution in [0.15, 0.2) is 27.4 Å². The molecule has 0 aromatic carbocycles. The molecule has 0 radical (unpaired) electrons. The number of nitrogens with zero attached hydrogens (tertiary/aromatic N) is 1. The summed E-state index contributed by atoms with van der Waals surface area (Å²) in [6, 6.07) is 1.72. The van der Waals surface area contributed by atoms with Crippen molar-refractivity contribution < 1.29 is 13.2 Å². The summed E-state index contributed by atoms with van der Waals surface area (Å²) in [7, 11) is -2.00. The second-order valence-electron chi connectivity index (χ2n) is 4.28. The summed E-state index contributed by atoms with van der Waals surface area (Å²) in [4.78, 5) is 1.28. The highest BCUT2D eigenvalue weighted by Crippen LogP contribution is 2.33. The molecule has 0 aliphatic heterocycles. The van der Waals surface area contributed by atoms with Crippen LogP contribution in [-0.4, -0.2) is 46.1 Å². The first-order valence-corrected chi connectivity index (χ1v) is 9.61. The van der Waals surface area contributed by atoms with Crippen LogP contribution in [0.5, 0.6) is 0 Å². The third kappa shape index (κ3) is 5.15. The van der Waals surface area contributed by atoms with E-state index in [0.29, 0.717) is 28.4 Å². The van der Waals surface area contributed by atoms with E-state index in [0.717, 1.165) is 11.4 Å². The van der Waals surface area contributed by atoms with Crippen LogP contribution < -0.4 is 5.32 Å². The molecule has 120 valence electrons. The summed E-state index contributed by atoms with van der Waals surface area (Å²) < 4.78 is 32.4. The maximum Gasteiger partial charge on any atom is 0.245 e. The molecule has 0 atom stereocenters. The molecule has 21 heavy (non-hydrogen) atoms. The standard InChI is InChI=1S/C13H21BrN2O3S2/c1-4-6-16(7-8-19-3)21(17,18)12-9-11(10-15-5-2)20-13(12)14/h4,9,15H,1,5-8,10H2,2-3H3. The predicted molar refractivity (Wildman–Crippen MR) is 90.2 cm³/mol. The Morgan fingerprint density at radius 2 is 2.29 bits per heavy atom. The third-order valence-electron chi connectivity index (χ3n) is 2.75. The number of ether oxygens (including phenoxy) is 1. The van der Waals surface area contributed by atoms with Crippen molar-refractivity contribution in [3.05, 3.63) is 27.4 Å². The molecule has 0 spiro atoms. The zero-order chi connectivity index (χ0) is 15.9. The van der Waals surface area contributed by atoms with Crippen LogP contribution in [0.3, 0.4) is 0 Å². The minimum absolute atomic E-state index is 0.260. The average molecular weight is 397 g/mol. The van der Waals surface area contributed by atoms with Gasteiger partial charge in [-0.1, -0.05) is 13.0 Å². The molecule has 1 aromatic rings. The number of hydrogen-bond donors (Lipinski definition) is 1. The normalized spacial score (nSPS) is 12.0. The summed E-state index contributed by atoms with van der Waals surface area (Å²) in [6.45, 7) is 8.04. The van der Waals surface area contributed by atoms with E-state index in [1.54, 1.807) is 19.3 Å². The first-order valence-electron chi connectivity index (χ1n) is 6.56. The number of methoxy groups -OCH3 is 1. The molecule has 0 saturated heterocycles. The van der Waals surface area contributed by atoms with Crippen molar-refractivity contribution in [1.82, 2.24) is 9.62 Å². The van der Waals surface area contributed by atoms with Gasteiger partial charge in [-0.05, 0) is 28.5 Å². The van der Waals surface area contributed by atoms with Crippen LogP contribution in [0, 0.1) is 0 Å². The second-order valence-corrected chi connectivity index (χ2v) is 8.64. The Kier molecular flexibility index (Phi) is 8.07. The monoisotopic (exact) mass is 396 g/mol. The second kappa shape index (κ2) is 9.02. The van der Waals surface area contributed by atoms with Gasteiger partial charge in [0.2, 0.25) is 10.0 Å². The smallest absolute Gasteiger partial charge is 0.245 e. The quantitative estimate of drug-likeness (QED) is 0.617. The Morgan fingerprint density at radius 1 is 1.57 bits per heavy atom. The first kappa shape index (κ1) is 18.8. The molecule has 1 N–H and O–H groups in total. The van der Waals surface area contributed by atoms with Crippen LogP contribution in [-0.2, 0) is 21.3 Å². The Balaban J connectivity index is 3.03. The van der Waals surface area contributed by atoms with Crippen LogP contribution in [0.1, 0.15) is 11.8 Å². The van der Waals surface area contributed by atoms with Gasteiger partial charge in [0.1, 0.15) is 4.90 Å². The van der Waals surface area contributed by atoms with Gasteiger partial charge in [-0.2, -0.15) is 4.31 Å². The fourth-order valence-electron chi connectivity index (χ4n) is 1.69. The van der Waals surface area contributed by atoms with Gasteiger partial charge in [-0.3, -0.25) is 0 Å². The molecule has 8 heteroatoms. The van der Waals surface area contributed by atoms with Crippen molar-refractivity contribution in [3.63, 3.8) is 0 Å². The summed E-state index contributed by atoms with van der Waals surface area (Å²) in [5.41, 5.74) is 0. The van der Waals surface area contributed by atoms with Crippen molar-refractivity contribution >= 4 is 37.3 Å². The van der Waals surface area contributed by atoms with Crippen LogP contribution in [0.2, 0.25) is 0 Å². The summed E-state index contributed by atoms with van der Waals surface area (Å²) >= 11 is 4.79. The minimum atomic E-state index is -3.55. The molecule has 1 aromatic heterocycles. The van der Waals surface area contributed by atoms with E-state index in [9.17, 15) is 8.42 Å². The van der Waals surface area contributed by atoms with Crippen molar-refractivity contribution in [2.75, 3.05) is 33.4 Å². The molecular weight excluding hydrogens is 376 g/mol. The van der Waals surface area contributed by atoms with Crippen molar-refractivity contribution in [2.45, 2.75) is 18.4 Å². The molecule has 0 saturated carbocycles. The topological polar surface area (TPSA) is 58.6 Å². The van der Waals surface area contributed by atoms with Gasteiger partial charge in [0, 0.05) is 31.6 Å². The lowest BCUT2D eigenvalue weighted by Crippen LogP contribution is -2.34. The SMILES string of the molecule is C=CCN(CCOC)S(=O)(=O)c1cc(CNCC)sc1Br. The number of halogens is 1. The zero-order valence-corrected chi connectivity index (χ0v) is 15.5. The van der Waals surface area contributed by atoms with Gasteiger partial charge in [0.25, 0.3) is 0 Å². The summed E-state index contributed by atoms with van der Waals surface area (Å²) in [6.07, 6.45) is 1.58. The Morgan fingerprint density at radius 3 is 2.86 bits per heavy atom. The van der Waals surface area contributed by atoms with E-state index in [1.807, 2.05) is 6.92 Å². The van der Waals surface area contributed by atoms with E-state index in [1.165, 1.54) is 15.6 Å². The predicted octanol–water partition coefficient (Wildman–Crippen LogP) is 2.44. The van der Waals surface area contributed by atoms with E-state index in [2.05, 4.69) is 27.8 Å². The highest BCUT2D eigenvalue weighted by Gasteiger charge is 2.27. The number of rotatable bonds is 10. The van der Waals surface area contributed by atoms with Gasteiger partial charge in [-0.15, -0.1) is 17.9 Å². The van der Waals surface area contributed by atoms with Crippen molar-refractivity contribution in [2.24, 2.45) is 0 Å². The lowest BCUT2D eigenvalue weighted by atomic mass is 10.4. The molecule has 0 aliphatic carbocycles. The molecule has 1 heterocycles. The van der Waals surface area contributed by atoms with E-state index < -0.39 is 10.0 Å².